The summed E-state index contributed by atoms with van der Waals surface area (Å²) in [5, 5.41) is 3.33. The third kappa shape index (κ3) is 6.05. The van der Waals surface area contributed by atoms with Gasteiger partial charge in [-0.3, -0.25) is 0 Å². The average molecular weight is 267 g/mol. The van der Waals surface area contributed by atoms with E-state index in [1.54, 1.807) is 14.2 Å². The van der Waals surface area contributed by atoms with Crippen molar-refractivity contribution in [1.82, 2.24) is 5.32 Å². The van der Waals surface area contributed by atoms with Gasteiger partial charge in [0.15, 0.2) is 0 Å². The molecule has 1 unspecified atom stereocenters. The normalized spacial score (nSPS) is 12.4. The first-order valence-electron chi connectivity index (χ1n) is 6.77. The molecule has 0 aliphatic heterocycles. The van der Waals surface area contributed by atoms with Gasteiger partial charge in [-0.25, -0.2) is 0 Å². The molecule has 1 N–H and O–H groups in total. The van der Waals surface area contributed by atoms with Crippen molar-refractivity contribution in [3.05, 3.63) is 29.8 Å². The molecule has 4 nitrogen and oxygen atoms in total. The fraction of sp³-hybridized carbons (Fsp3) is 0.600. The summed E-state index contributed by atoms with van der Waals surface area (Å²) in [4.78, 5) is 0. The quantitative estimate of drug-likeness (QED) is 0.661. The number of hydrogen-bond acceptors (Lipinski definition) is 4. The summed E-state index contributed by atoms with van der Waals surface area (Å²) in [7, 11) is 3.38. The van der Waals surface area contributed by atoms with Gasteiger partial charge in [-0.15, -0.1) is 0 Å². The first-order chi connectivity index (χ1) is 9.31. The van der Waals surface area contributed by atoms with E-state index in [0.29, 0.717) is 6.61 Å². The van der Waals surface area contributed by atoms with Crippen molar-refractivity contribution < 1.29 is 14.2 Å². The van der Waals surface area contributed by atoms with Crippen molar-refractivity contribution in [2.24, 2.45) is 0 Å². The molecule has 0 bridgehead atoms. The van der Waals surface area contributed by atoms with Gasteiger partial charge < -0.3 is 19.5 Å². The molecule has 0 aromatic heterocycles. The Morgan fingerprint density at radius 3 is 2.42 bits per heavy atom. The zero-order chi connectivity index (χ0) is 13.9. The second-order valence-corrected chi connectivity index (χ2v) is 4.29. The van der Waals surface area contributed by atoms with Gasteiger partial charge in [0.1, 0.15) is 5.75 Å². The number of hydrogen-bond donors (Lipinski definition) is 1. The van der Waals surface area contributed by atoms with Crippen LogP contribution in [0.5, 0.6) is 5.75 Å². The third-order valence-electron chi connectivity index (χ3n) is 2.88. The molecule has 19 heavy (non-hydrogen) atoms. The zero-order valence-corrected chi connectivity index (χ0v) is 12.1. The fourth-order valence-electron chi connectivity index (χ4n) is 1.80. The van der Waals surface area contributed by atoms with Crippen LogP contribution in [0.4, 0.5) is 0 Å². The van der Waals surface area contributed by atoms with Crippen LogP contribution in [0.3, 0.4) is 0 Å². The van der Waals surface area contributed by atoms with Crippen LogP contribution in [-0.2, 0) is 9.47 Å². The van der Waals surface area contributed by atoms with Gasteiger partial charge in [-0.1, -0.05) is 19.1 Å². The molecule has 0 aliphatic carbocycles. The van der Waals surface area contributed by atoms with E-state index >= 15 is 0 Å². The first kappa shape index (κ1) is 16.0. The van der Waals surface area contributed by atoms with E-state index in [1.165, 1.54) is 5.56 Å². The molecule has 0 saturated carbocycles. The van der Waals surface area contributed by atoms with Crippen LogP contribution in [-0.4, -0.2) is 40.5 Å². The van der Waals surface area contributed by atoms with E-state index < -0.39 is 0 Å². The Morgan fingerprint density at radius 2 is 1.84 bits per heavy atom. The van der Waals surface area contributed by atoms with Crippen molar-refractivity contribution in [1.29, 1.82) is 0 Å². The molecule has 0 saturated heterocycles. The summed E-state index contributed by atoms with van der Waals surface area (Å²) in [6.45, 7) is 5.28. The lowest BCUT2D eigenvalue weighted by Crippen LogP contribution is -2.23. The summed E-state index contributed by atoms with van der Waals surface area (Å²) < 4.78 is 16.1. The van der Waals surface area contributed by atoms with E-state index in [0.717, 1.165) is 31.9 Å². The highest BCUT2D eigenvalue weighted by Gasteiger charge is 2.11. The summed E-state index contributed by atoms with van der Waals surface area (Å²) in [6.07, 6.45) is 0.984. The number of methoxy groups -OCH3 is 2. The molecule has 0 heterocycles. The van der Waals surface area contributed by atoms with E-state index in [-0.39, 0.29) is 6.10 Å². The highest BCUT2D eigenvalue weighted by atomic mass is 16.5. The SMILES string of the molecule is CCNCC(OCCCOC)c1ccc(OC)cc1. The van der Waals surface area contributed by atoms with E-state index in [9.17, 15) is 0 Å². The number of benzene rings is 1. The van der Waals surface area contributed by atoms with Crippen LogP contribution in [0.25, 0.3) is 0 Å². The number of nitrogens with one attached hydrogen (secondary N) is 1. The molecule has 0 fully saturated rings. The Kier molecular flexibility index (Phi) is 8.21. The van der Waals surface area contributed by atoms with E-state index in [2.05, 4.69) is 24.4 Å². The monoisotopic (exact) mass is 267 g/mol. The lowest BCUT2D eigenvalue weighted by molar-refractivity contribution is 0.0391. The van der Waals surface area contributed by atoms with Crippen LogP contribution in [0, 0.1) is 0 Å². The Labute approximate surface area is 116 Å². The first-order valence-corrected chi connectivity index (χ1v) is 6.77. The maximum absolute atomic E-state index is 5.92. The molecule has 1 aromatic carbocycles. The maximum Gasteiger partial charge on any atom is 0.118 e. The highest BCUT2D eigenvalue weighted by molar-refractivity contribution is 5.28. The number of rotatable bonds is 10. The molecule has 1 atom stereocenters. The van der Waals surface area contributed by atoms with E-state index in [4.69, 9.17) is 14.2 Å². The Bertz CT molecular complexity index is 327. The molecule has 0 amide bonds. The summed E-state index contributed by atoms with van der Waals surface area (Å²) >= 11 is 0. The summed E-state index contributed by atoms with van der Waals surface area (Å²) in [6, 6.07) is 8.04. The molecule has 0 spiro atoms. The van der Waals surface area contributed by atoms with Gasteiger partial charge in [-0.2, -0.15) is 0 Å². The van der Waals surface area contributed by atoms with Crippen LogP contribution in [0.15, 0.2) is 24.3 Å². The molecule has 0 aliphatic rings. The van der Waals surface area contributed by atoms with Crippen LogP contribution < -0.4 is 10.1 Å². The molecule has 4 heteroatoms. The molecule has 1 rings (SSSR count). The van der Waals surface area contributed by atoms with Gasteiger partial charge in [0.05, 0.1) is 13.2 Å². The van der Waals surface area contributed by atoms with Gasteiger partial charge in [-0.05, 0) is 30.7 Å². The maximum atomic E-state index is 5.92. The second-order valence-electron chi connectivity index (χ2n) is 4.29. The van der Waals surface area contributed by atoms with Crippen LogP contribution in [0.1, 0.15) is 25.0 Å². The zero-order valence-electron chi connectivity index (χ0n) is 12.1. The van der Waals surface area contributed by atoms with Crippen molar-refractivity contribution in [3.63, 3.8) is 0 Å². The summed E-state index contributed by atoms with van der Waals surface area (Å²) in [5.74, 6) is 0.866. The highest BCUT2D eigenvalue weighted by Crippen LogP contribution is 2.20. The minimum atomic E-state index is 0.0720. The Hall–Kier alpha value is -1.10. The molecule has 0 radical (unpaired) electrons. The van der Waals surface area contributed by atoms with Gasteiger partial charge >= 0.3 is 0 Å². The van der Waals surface area contributed by atoms with Gasteiger partial charge in [0, 0.05) is 26.9 Å². The lowest BCUT2D eigenvalue weighted by Gasteiger charge is -2.19. The van der Waals surface area contributed by atoms with Crippen molar-refractivity contribution in [3.8, 4) is 5.75 Å². The van der Waals surface area contributed by atoms with Crippen molar-refractivity contribution in [2.75, 3.05) is 40.5 Å². The van der Waals surface area contributed by atoms with Crippen LogP contribution in [0.2, 0.25) is 0 Å². The molecule has 1 aromatic rings. The predicted molar refractivity (Wildman–Crippen MR) is 76.7 cm³/mol. The summed E-state index contributed by atoms with van der Waals surface area (Å²) in [5.41, 5.74) is 1.17. The largest absolute Gasteiger partial charge is 0.497 e. The minimum absolute atomic E-state index is 0.0720. The number of likely N-dealkylation sites (N-methyl/N-ethyl adjacent to an activating group) is 1. The van der Waals surface area contributed by atoms with Gasteiger partial charge in [0.25, 0.3) is 0 Å². The smallest absolute Gasteiger partial charge is 0.118 e. The van der Waals surface area contributed by atoms with Crippen molar-refractivity contribution in [2.45, 2.75) is 19.4 Å². The second kappa shape index (κ2) is 9.78. The Morgan fingerprint density at radius 1 is 1.11 bits per heavy atom. The molecular formula is C15H25NO3. The minimum Gasteiger partial charge on any atom is -0.497 e. The van der Waals surface area contributed by atoms with Gasteiger partial charge in [0.2, 0.25) is 0 Å². The predicted octanol–water partition coefficient (Wildman–Crippen LogP) is 2.40. The third-order valence-corrected chi connectivity index (χ3v) is 2.88. The van der Waals surface area contributed by atoms with E-state index in [1.807, 2.05) is 12.1 Å². The number of ether oxygens (including phenoxy) is 3. The lowest BCUT2D eigenvalue weighted by atomic mass is 10.1. The Balaban J connectivity index is 2.55. The topological polar surface area (TPSA) is 39.7 Å². The fourth-order valence-corrected chi connectivity index (χ4v) is 1.80. The standard InChI is InChI=1S/C15H25NO3/c1-4-16-12-15(19-11-5-10-17-2)13-6-8-14(18-3)9-7-13/h6-9,15-16H,4-5,10-12H2,1-3H3. The average Bonchev–Trinajstić information content (AvgIpc) is 2.47. The molecule has 108 valence electrons. The molecular weight excluding hydrogens is 242 g/mol. The van der Waals surface area contributed by atoms with Crippen LogP contribution >= 0.6 is 0 Å². The van der Waals surface area contributed by atoms with Crippen molar-refractivity contribution >= 4 is 0 Å².